The van der Waals surface area contributed by atoms with Gasteiger partial charge in [-0.25, -0.2) is 4.98 Å². The summed E-state index contributed by atoms with van der Waals surface area (Å²) in [6, 6.07) is 10.7. The van der Waals surface area contributed by atoms with Gasteiger partial charge in [-0.3, -0.25) is 0 Å². The largest absolute Gasteiger partial charge is 0.399 e. The lowest BCUT2D eigenvalue weighted by Gasteiger charge is -2.42. The highest BCUT2D eigenvalue weighted by atomic mass is 15.2. The third-order valence-corrected chi connectivity index (χ3v) is 4.59. The molecule has 2 aromatic rings. The highest BCUT2D eigenvalue weighted by Gasteiger charge is 2.29. The minimum atomic E-state index is 0.546. The molecule has 3 nitrogen and oxygen atoms in total. The maximum absolute atomic E-state index is 5.82. The molecule has 2 N–H and O–H groups in total. The van der Waals surface area contributed by atoms with Crippen LogP contribution in [-0.4, -0.2) is 17.6 Å². The molecule has 1 aromatic heterocycles. The predicted molar refractivity (Wildman–Crippen MR) is 85.9 cm³/mol. The van der Waals surface area contributed by atoms with E-state index in [9.17, 15) is 0 Å². The number of piperidine rings is 1. The number of rotatable bonds is 1. The molecule has 0 bridgehead atoms. The van der Waals surface area contributed by atoms with Gasteiger partial charge in [-0.2, -0.15) is 0 Å². The third kappa shape index (κ3) is 2.33. The number of nitrogens with two attached hydrogens (primary N) is 1. The molecule has 1 saturated heterocycles. The Morgan fingerprint density at radius 1 is 1.15 bits per heavy atom. The lowest BCUT2D eigenvalue weighted by Crippen LogP contribution is -2.46. The first-order valence-corrected chi connectivity index (χ1v) is 7.47. The fourth-order valence-electron chi connectivity index (χ4n) is 3.31. The second kappa shape index (κ2) is 4.97. The molecule has 3 unspecified atom stereocenters. The van der Waals surface area contributed by atoms with E-state index in [2.05, 4.69) is 37.8 Å². The van der Waals surface area contributed by atoms with Crippen LogP contribution in [0.5, 0.6) is 0 Å². The third-order valence-electron chi connectivity index (χ3n) is 4.59. The summed E-state index contributed by atoms with van der Waals surface area (Å²) in [6.45, 7) is 8.08. The number of hydrogen-bond donors (Lipinski definition) is 1. The van der Waals surface area contributed by atoms with Gasteiger partial charge in [-0.05, 0) is 55.5 Å². The van der Waals surface area contributed by atoms with Gasteiger partial charge in [0.05, 0.1) is 5.52 Å². The Bertz CT molecular complexity index is 623. The molecule has 3 heteroatoms. The van der Waals surface area contributed by atoms with Gasteiger partial charge in [0.1, 0.15) is 5.82 Å². The van der Waals surface area contributed by atoms with Crippen LogP contribution in [0.25, 0.3) is 10.9 Å². The Hall–Kier alpha value is -1.77. The summed E-state index contributed by atoms with van der Waals surface area (Å²) in [4.78, 5) is 7.28. The van der Waals surface area contributed by atoms with Crippen molar-refractivity contribution in [3.63, 3.8) is 0 Å². The molecular weight excluding hydrogens is 246 g/mol. The van der Waals surface area contributed by atoms with E-state index >= 15 is 0 Å². The van der Waals surface area contributed by atoms with Crippen molar-refractivity contribution in [2.45, 2.75) is 33.2 Å². The molecule has 1 aromatic carbocycles. The van der Waals surface area contributed by atoms with Gasteiger partial charge in [0.25, 0.3) is 0 Å². The Morgan fingerprint density at radius 2 is 1.95 bits per heavy atom. The number of fused-ring (bicyclic) bond motifs is 1. The van der Waals surface area contributed by atoms with Crippen LogP contribution in [0.2, 0.25) is 0 Å². The van der Waals surface area contributed by atoms with E-state index in [0.717, 1.165) is 34.9 Å². The number of benzene rings is 1. The number of hydrogen-bond acceptors (Lipinski definition) is 3. The normalized spacial score (nSPS) is 26.9. The minimum Gasteiger partial charge on any atom is -0.399 e. The Balaban J connectivity index is 1.98. The summed E-state index contributed by atoms with van der Waals surface area (Å²) in [5.41, 5.74) is 7.64. The van der Waals surface area contributed by atoms with E-state index in [1.165, 1.54) is 6.42 Å². The molecular formula is C17H23N3. The maximum atomic E-state index is 5.82. The molecule has 1 fully saturated rings. The van der Waals surface area contributed by atoms with E-state index in [1.54, 1.807) is 0 Å². The van der Waals surface area contributed by atoms with Gasteiger partial charge in [0.2, 0.25) is 0 Å². The van der Waals surface area contributed by atoms with Crippen LogP contribution in [0.4, 0.5) is 11.5 Å². The average Bonchev–Trinajstić information content (AvgIpc) is 2.42. The van der Waals surface area contributed by atoms with Gasteiger partial charge in [-0.15, -0.1) is 0 Å². The molecule has 3 rings (SSSR count). The van der Waals surface area contributed by atoms with Crippen molar-refractivity contribution in [1.82, 2.24) is 4.98 Å². The summed E-state index contributed by atoms with van der Waals surface area (Å²) >= 11 is 0. The number of pyridine rings is 1. The Kier molecular flexibility index (Phi) is 3.28. The monoisotopic (exact) mass is 269 g/mol. The van der Waals surface area contributed by atoms with E-state index < -0.39 is 0 Å². The van der Waals surface area contributed by atoms with Crippen LogP contribution < -0.4 is 10.6 Å². The molecule has 0 spiro atoms. The van der Waals surface area contributed by atoms with Gasteiger partial charge >= 0.3 is 0 Å². The summed E-state index contributed by atoms with van der Waals surface area (Å²) in [7, 11) is 0. The second-order valence-corrected chi connectivity index (χ2v) is 6.33. The minimum absolute atomic E-state index is 0.546. The molecule has 3 atom stereocenters. The first-order chi connectivity index (χ1) is 9.54. The van der Waals surface area contributed by atoms with Crippen molar-refractivity contribution in [3.05, 3.63) is 30.3 Å². The van der Waals surface area contributed by atoms with Gasteiger partial charge in [0, 0.05) is 23.7 Å². The molecule has 106 valence electrons. The predicted octanol–water partition coefficient (Wildman–Crippen LogP) is 3.69. The zero-order valence-electron chi connectivity index (χ0n) is 12.5. The lowest BCUT2D eigenvalue weighted by molar-refractivity contribution is 0.295. The highest BCUT2D eigenvalue weighted by Crippen LogP contribution is 2.31. The highest BCUT2D eigenvalue weighted by molar-refractivity contribution is 5.83. The van der Waals surface area contributed by atoms with E-state index in [1.807, 2.05) is 18.2 Å². The first kappa shape index (κ1) is 13.2. The number of anilines is 2. The Morgan fingerprint density at radius 3 is 2.75 bits per heavy atom. The Labute approximate surface area is 120 Å². The van der Waals surface area contributed by atoms with E-state index in [0.29, 0.717) is 12.0 Å². The van der Waals surface area contributed by atoms with Crippen molar-refractivity contribution in [3.8, 4) is 0 Å². The summed E-state index contributed by atoms with van der Waals surface area (Å²) in [5, 5.41) is 1.11. The zero-order valence-corrected chi connectivity index (χ0v) is 12.5. The first-order valence-electron chi connectivity index (χ1n) is 7.47. The maximum Gasteiger partial charge on any atom is 0.129 e. The standard InChI is InChI=1S/C17H23N3/c1-11-8-12(2)13(3)20(10-11)17-7-4-14-9-15(18)5-6-16(14)19-17/h4-7,9,11-13H,8,10,18H2,1-3H3. The van der Waals surface area contributed by atoms with Crippen LogP contribution in [0.15, 0.2) is 30.3 Å². The summed E-state index contributed by atoms with van der Waals surface area (Å²) < 4.78 is 0. The van der Waals surface area contributed by atoms with Crippen LogP contribution in [-0.2, 0) is 0 Å². The molecule has 20 heavy (non-hydrogen) atoms. The van der Waals surface area contributed by atoms with Crippen molar-refractivity contribution in [1.29, 1.82) is 0 Å². The van der Waals surface area contributed by atoms with Crippen molar-refractivity contribution in [2.75, 3.05) is 17.2 Å². The molecule has 0 amide bonds. The van der Waals surface area contributed by atoms with Crippen molar-refractivity contribution < 1.29 is 0 Å². The molecule has 1 aliphatic rings. The number of aromatic nitrogens is 1. The molecule has 1 aliphatic heterocycles. The zero-order chi connectivity index (χ0) is 14.3. The van der Waals surface area contributed by atoms with Crippen LogP contribution >= 0.6 is 0 Å². The van der Waals surface area contributed by atoms with Crippen LogP contribution in [0.3, 0.4) is 0 Å². The summed E-state index contributed by atoms with van der Waals surface area (Å²) in [6.07, 6.45) is 1.31. The van der Waals surface area contributed by atoms with E-state index in [-0.39, 0.29) is 0 Å². The van der Waals surface area contributed by atoms with Gasteiger partial charge in [-0.1, -0.05) is 13.8 Å². The SMILES string of the molecule is CC1CC(C)C(C)N(c2ccc3cc(N)ccc3n2)C1. The molecule has 0 aliphatic carbocycles. The average molecular weight is 269 g/mol. The second-order valence-electron chi connectivity index (χ2n) is 6.33. The lowest BCUT2D eigenvalue weighted by atomic mass is 9.86. The molecule has 2 heterocycles. The van der Waals surface area contributed by atoms with Gasteiger partial charge < -0.3 is 10.6 Å². The van der Waals surface area contributed by atoms with Gasteiger partial charge in [0.15, 0.2) is 0 Å². The molecule has 0 saturated carbocycles. The van der Waals surface area contributed by atoms with Crippen molar-refractivity contribution >= 4 is 22.4 Å². The summed E-state index contributed by atoms with van der Waals surface area (Å²) in [5.74, 6) is 2.53. The topological polar surface area (TPSA) is 42.1 Å². The van der Waals surface area contributed by atoms with E-state index in [4.69, 9.17) is 10.7 Å². The van der Waals surface area contributed by atoms with Crippen LogP contribution in [0.1, 0.15) is 27.2 Å². The number of nitrogen functional groups attached to an aromatic ring is 1. The van der Waals surface area contributed by atoms with Crippen molar-refractivity contribution in [2.24, 2.45) is 11.8 Å². The fraction of sp³-hybridized carbons (Fsp3) is 0.471. The smallest absolute Gasteiger partial charge is 0.129 e. The quantitative estimate of drug-likeness (QED) is 0.803. The molecule has 0 radical (unpaired) electrons. The van der Waals surface area contributed by atoms with Crippen LogP contribution in [0, 0.1) is 11.8 Å². The fourth-order valence-corrected chi connectivity index (χ4v) is 3.31. The number of nitrogens with zero attached hydrogens (tertiary/aromatic N) is 2.